The van der Waals surface area contributed by atoms with Gasteiger partial charge in [-0.25, -0.2) is 9.97 Å². The topological polar surface area (TPSA) is 49.8 Å². The second-order valence-corrected chi connectivity index (χ2v) is 4.84. The van der Waals surface area contributed by atoms with Crippen molar-refractivity contribution in [2.45, 2.75) is 18.9 Å². The summed E-state index contributed by atoms with van der Waals surface area (Å²) in [6.45, 7) is 2.02. The maximum atomic E-state index is 4.37. The smallest absolute Gasteiger partial charge is 0.222 e. The molecule has 1 aromatic carbocycles. The Bertz CT molecular complexity index is 503. The minimum atomic E-state index is 0.553. The van der Waals surface area contributed by atoms with Crippen LogP contribution in [0, 0.1) is 0 Å². The van der Waals surface area contributed by atoms with Gasteiger partial charge in [0.15, 0.2) is 0 Å². The Kier molecular flexibility index (Phi) is 3.70. The Labute approximate surface area is 113 Å². The number of nitrogens with one attached hydrogen (secondary N) is 2. The highest BCUT2D eigenvalue weighted by Crippen LogP contribution is 2.17. The molecular weight excluding hydrogens is 236 g/mol. The van der Waals surface area contributed by atoms with Crippen LogP contribution >= 0.6 is 0 Å². The van der Waals surface area contributed by atoms with Crippen molar-refractivity contribution in [3.8, 4) is 11.1 Å². The molecule has 0 amide bonds. The fraction of sp³-hybridized carbons (Fsp3) is 0.333. The zero-order valence-electron chi connectivity index (χ0n) is 10.8. The molecule has 0 saturated carbocycles. The second-order valence-electron chi connectivity index (χ2n) is 4.84. The molecule has 1 atom stereocenters. The van der Waals surface area contributed by atoms with Crippen molar-refractivity contribution in [3.05, 3.63) is 42.7 Å². The maximum absolute atomic E-state index is 4.37. The first-order valence-corrected chi connectivity index (χ1v) is 6.76. The third-order valence-corrected chi connectivity index (χ3v) is 3.43. The van der Waals surface area contributed by atoms with Gasteiger partial charge in [0.25, 0.3) is 0 Å². The van der Waals surface area contributed by atoms with Gasteiger partial charge >= 0.3 is 0 Å². The number of benzene rings is 1. The lowest BCUT2D eigenvalue weighted by Crippen LogP contribution is -2.29. The van der Waals surface area contributed by atoms with Gasteiger partial charge in [-0.15, -0.1) is 0 Å². The van der Waals surface area contributed by atoms with Crippen LogP contribution < -0.4 is 10.6 Å². The summed E-state index contributed by atoms with van der Waals surface area (Å²) >= 11 is 0. The molecule has 1 aromatic heterocycles. The molecule has 19 heavy (non-hydrogen) atoms. The minimum absolute atomic E-state index is 0.553. The Morgan fingerprint density at radius 2 is 1.89 bits per heavy atom. The van der Waals surface area contributed by atoms with Crippen LogP contribution in [0.25, 0.3) is 11.1 Å². The van der Waals surface area contributed by atoms with E-state index in [-0.39, 0.29) is 0 Å². The van der Waals surface area contributed by atoms with Gasteiger partial charge in [0, 0.05) is 30.5 Å². The number of hydrogen-bond acceptors (Lipinski definition) is 4. The Morgan fingerprint density at radius 3 is 2.58 bits per heavy atom. The molecule has 2 N–H and O–H groups in total. The van der Waals surface area contributed by atoms with Gasteiger partial charge in [-0.1, -0.05) is 30.3 Å². The van der Waals surface area contributed by atoms with E-state index in [1.807, 2.05) is 30.6 Å². The molecule has 1 saturated heterocycles. The molecule has 1 unspecified atom stereocenters. The van der Waals surface area contributed by atoms with Gasteiger partial charge in [-0.2, -0.15) is 0 Å². The standard InChI is InChI=1S/C15H18N4/c1-2-5-12(6-3-1)13-9-17-15(18-10-13)19-11-14-7-4-8-16-14/h1-3,5-6,9-10,14,16H,4,7-8,11H2,(H,17,18,19). The fourth-order valence-electron chi connectivity index (χ4n) is 2.34. The molecule has 0 spiro atoms. The van der Waals surface area contributed by atoms with Crippen LogP contribution in [-0.2, 0) is 0 Å². The summed E-state index contributed by atoms with van der Waals surface area (Å²) in [5, 5.41) is 6.73. The van der Waals surface area contributed by atoms with Crippen molar-refractivity contribution in [2.24, 2.45) is 0 Å². The molecule has 1 aliphatic rings. The van der Waals surface area contributed by atoms with Crippen molar-refractivity contribution in [2.75, 3.05) is 18.4 Å². The lowest BCUT2D eigenvalue weighted by molar-refractivity contribution is 0.631. The third kappa shape index (κ3) is 3.09. The van der Waals surface area contributed by atoms with Crippen molar-refractivity contribution in [1.82, 2.24) is 15.3 Å². The molecule has 2 heterocycles. The van der Waals surface area contributed by atoms with Crippen LogP contribution in [-0.4, -0.2) is 29.1 Å². The number of rotatable bonds is 4. The monoisotopic (exact) mass is 254 g/mol. The second kappa shape index (κ2) is 5.80. The van der Waals surface area contributed by atoms with Crippen molar-refractivity contribution >= 4 is 5.95 Å². The first kappa shape index (κ1) is 12.1. The van der Waals surface area contributed by atoms with Crippen LogP contribution in [0.15, 0.2) is 42.7 Å². The largest absolute Gasteiger partial charge is 0.353 e. The van der Waals surface area contributed by atoms with Crippen LogP contribution in [0.3, 0.4) is 0 Å². The molecule has 4 heteroatoms. The quantitative estimate of drug-likeness (QED) is 0.879. The van der Waals surface area contributed by atoms with E-state index in [2.05, 4.69) is 32.7 Å². The lowest BCUT2D eigenvalue weighted by Gasteiger charge is -2.11. The predicted octanol–water partition coefficient (Wildman–Crippen LogP) is 2.31. The number of nitrogens with zero attached hydrogens (tertiary/aromatic N) is 2. The number of aromatic nitrogens is 2. The zero-order chi connectivity index (χ0) is 12.9. The highest BCUT2D eigenvalue weighted by atomic mass is 15.1. The van der Waals surface area contributed by atoms with Crippen molar-refractivity contribution in [3.63, 3.8) is 0 Å². The third-order valence-electron chi connectivity index (χ3n) is 3.43. The molecule has 2 aromatic rings. The summed E-state index contributed by atoms with van der Waals surface area (Å²) in [6, 6.07) is 10.7. The highest BCUT2D eigenvalue weighted by Gasteiger charge is 2.13. The summed E-state index contributed by atoms with van der Waals surface area (Å²) < 4.78 is 0. The molecule has 1 fully saturated rings. The van der Waals surface area contributed by atoms with Crippen LogP contribution in [0.2, 0.25) is 0 Å². The van der Waals surface area contributed by atoms with Crippen molar-refractivity contribution < 1.29 is 0 Å². The summed E-state index contributed by atoms with van der Waals surface area (Å²) in [5.74, 6) is 0.702. The van der Waals surface area contributed by atoms with E-state index in [1.165, 1.54) is 12.8 Å². The molecule has 0 radical (unpaired) electrons. The van der Waals surface area contributed by atoms with E-state index >= 15 is 0 Å². The predicted molar refractivity (Wildman–Crippen MR) is 77.0 cm³/mol. The van der Waals surface area contributed by atoms with E-state index in [1.54, 1.807) is 0 Å². The normalized spacial score (nSPS) is 18.4. The Hall–Kier alpha value is -1.94. The van der Waals surface area contributed by atoms with Crippen LogP contribution in [0.4, 0.5) is 5.95 Å². The van der Waals surface area contributed by atoms with E-state index in [4.69, 9.17) is 0 Å². The summed E-state index contributed by atoms with van der Waals surface area (Å²) in [7, 11) is 0. The van der Waals surface area contributed by atoms with E-state index < -0.39 is 0 Å². The van der Waals surface area contributed by atoms with Gasteiger partial charge in [0.05, 0.1) is 0 Å². The van der Waals surface area contributed by atoms with E-state index in [0.717, 1.165) is 24.2 Å². The average molecular weight is 254 g/mol. The average Bonchev–Trinajstić information content (AvgIpc) is 3.00. The van der Waals surface area contributed by atoms with Gasteiger partial charge in [0.2, 0.25) is 5.95 Å². The van der Waals surface area contributed by atoms with Crippen LogP contribution in [0.5, 0.6) is 0 Å². The lowest BCUT2D eigenvalue weighted by atomic mass is 10.1. The highest BCUT2D eigenvalue weighted by molar-refractivity contribution is 5.61. The van der Waals surface area contributed by atoms with Crippen molar-refractivity contribution in [1.29, 1.82) is 0 Å². The fourth-order valence-corrected chi connectivity index (χ4v) is 2.34. The molecule has 4 nitrogen and oxygen atoms in total. The SMILES string of the molecule is c1ccc(-c2cnc(NCC3CCCN3)nc2)cc1. The maximum Gasteiger partial charge on any atom is 0.222 e. The molecule has 0 aliphatic carbocycles. The minimum Gasteiger partial charge on any atom is -0.353 e. The summed E-state index contributed by atoms with van der Waals surface area (Å²) in [5.41, 5.74) is 2.19. The zero-order valence-corrected chi connectivity index (χ0v) is 10.8. The molecule has 98 valence electrons. The van der Waals surface area contributed by atoms with Gasteiger partial charge in [-0.3, -0.25) is 0 Å². The molecular formula is C15H18N4. The molecule has 0 bridgehead atoms. The Balaban J connectivity index is 1.62. The van der Waals surface area contributed by atoms with Gasteiger partial charge in [0.1, 0.15) is 0 Å². The van der Waals surface area contributed by atoms with Gasteiger partial charge in [-0.05, 0) is 24.9 Å². The van der Waals surface area contributed by atoms with E-state index in [9.17, 15) is 0 Å². The summed E-state index contributed by atoms with van der Waals surface area (Å²) in [6.07, 6.45) is 6.23. The number of hydrogen-bond donors (Lipinski definition) is 2. The first-order chi connectivity index (χ1) is 9.42. The van der Waals surface area contributed by atoms with E-state index in [0.29, 0.717) is 12.0 Å². The van der Waals surface area contributed by atoms with Gasteiger partial charge < -0.3 is 10.6 Å². The van der Waals surface area contributed by atoms with Crippen LogP contribution in [0.1, 0.15) is 12.8 Å². The Morgan fingerprint density at radius 1 is 1.11 bits per heavy atom. The molecule has 3 rings (SSSR count). The first-order valence-electron chi connectivity index (χ1n) is 6.76. The molecule has 1 aliphatic heterocycles. The summed E-state index contributed by atoms with van der Waals surface area (Å²) in [4.78, 5) is 8.73. The number of anilines is 1.